The molecular formula is C44H38N2O2. The number of aliphatic imine (C=N–C) groups is 2. The standard InChI is InChI=1S/C44H38N2O2/c47-43-37(25-35(31-13-5-1-6-14-31)27-41(43)33-17-9-3-10-18-33)29-45-39-21-23-40(24-22-39)46-30-38-26-36(32-15-7-2-8-16-32)28-42(44(38)48)34-19-11-4-12-20-34/h1-20,25-30,39-40,47-48H,21-24H2. The van der Waals surface area contributed by atoms with Gasteiger partial charge in [0.15, 0.2) is 0 Å². The molecule has 0 spiro atoms. The van der Waals surface area contributed by atoms with E-state index in [1.54, 1.807) is 0 Å². The normalized spacial score (nSPS) is 16.4. The second-order valence-corrected chi connectivity index (χ2v) is 12.4. The lowest BCUT2D eigenvalue weighted by molar-refractivity contribution is 0.399. The molecule has 0 aliphatic heterocycles. The molecule has 1 aliphatic rings. The van der Waals surface area contributed by atoms with Crippen LogP contribution in [0.5, 0.6) is 11.5 Å². The van der Waals surface area contributed by atoms with Crippen LogP contribution in [0.2, 0.25) is 0 Å². The summed E-state index contributed by atoms with van der Waals surface area (Å²) < 4.78 is 0. The zero-order valence-electron chi connectivity index (χ0n) is 26.8. The maximum Gasteiger partial charge on any atom is 0.132 e. The fraction of sp³-hybridized carbons (Fsp3) is 0.136. The van der Waals surface area contributed by atoms with Crippen molar-refractivity contribution in [2.24, 2.45) is 9.98 Å². The maximum atomic E-state index is 11.3. The van der Waals surface area contributed by atoms with Crippen LogP contribution < -0.4 is 0 Å². The minimum absolute atomic E-state index is 0.163. The number of hydrogen-bond acceptors (Lipinski definition) is 4. The third-order valence-corrected chi connectivity index (χ3v) is 9.18. The Morgan fingerprint density at radius 2 is 0.708 bits per heavy atom. The highest BCUT2D eigenvalue weighted by molar-refractivity contribution is 5.93. The number of phenolic OH excluding ortho intramolecular Hbond substituents is 2. The van der Waals surface area contributed by atoms with Gasteiger partial charge >= 0.3 is 0 Å². The van der Waals surface area contributed by atoms with Crippen LogP contribution in [0.1, 0.15) is 36.8 Å². The van der Waals surface area contributed by atoms with Crippen molar-refractivity contribution in [2.45, 2.75) is 37.8 Å². The van der Waals surface area contributed by atoms with Crippen molar-refractivity contribution < 1.29 is 10.2 Å². The summed E-state index contributed by atoms with van der Waals surface area (Å²) in [6.45, 7) is 0. The molecule has 236 valence electrons. The largest absolute Gasteiger partial charge is 0.507 e. The molecule has 0 amide bonds. The smallest absolute Gasteiger partial charge is 0.132 e. The van der Waals surface area contributed by atoms with E-state index in [-0.39, 0.29) is 23.6 Å². The molecule has 1 saturated carbocycles. The summed E-state index contributed by atoms with van der Waals surface area (Å²) in [6.07, 6.45) is 7.34. The van der Waals surface area contributed by atoms with Crippen molar-refractivity contribution in [3.05, 3.63) is 157 Å². The molecule has 48 heavy (non-hydrogen) atoms. The molecule has 2 N–H and O–H groups in total. The fourth-order valence-corrected chi connectivity index (χ4v) is 6.51. The van der Waals surface area contributed by atoms with Gasteiger partial charge in [-0.1, -0.05) is 121 Å². The third kappa shape index (κ3) is 6.98. The molecule has 0 unspecified atom stereocenters. The molecule has 1 fully saturated rings. The van der Waals surface area contributed by atoms with Crippen molar-refractivity contribution in [1.82, 2.24) is 0 Å². The first-order valence-electron chi connectivity index (χ1n) is 16.6. The Kier molecular flexibility index (Phi) is 9.24. The van der Waals surface area contributed by atoms with Crippen molar-refractivity contribution in [1.29, 1.82) is 0 Å². The summed E-state index contributed by atoms with van der Waals surface area (Å²) in [5.74, 6) is 0.491. The Bertz CT molecular complexity index is 1880. The Balaban J connectivity index is 1.09. The summed E-state index contributed by atoms with van der Waals surface area (Å²) in [7, 11) is 0. The Morgan fingerprint density at radius 3 is 1.04 bits per heavy atom. The lowest BCUT2D eigenvalue weighted by atomic mass is 9.91. The first kappa shape index (κ1) is 30.9. The van der Waals surface area contributed by atoms with Gasteiger partial charge in [-0.2, -0.15) is 0 Å². The molecule has 0 heterocycles. The van der Waals surface area contributed by atoms with Crippen LogP contribution in [0.3, 0.4) is 0 Å². The van der Waals surface area contributed by atoms with Crippen LogP contribution in [0.25, 0.3) is 44.5 Å². The number of aromatic hydroxyl groups is 2. The second kappa shape index (κ2) is 14.4. The fourth-order valence-electron chi connectivity index (χ4n) is 6.51. The quantitative estimate of drug-likeness (QED) is 0.165. The maximum absolute atomic E-state index is 11.3. The van der Waals surface area contributed by atoms with Crippen molar-refractivity contribution >= 4 is 12.4 Å². The Hall–Kier alpha value is -5.74. The minimum atomic E-state index is 0.163. The van der Waals surface area contributed by atoms with Gasteiger partial charge < -0.3 is 10.2 Å². The van der Waals surface area contributed by atoms with Crippen LogP contribution >= 0.6 is 0 Å². The first-order chi connectivity index (χ1) is 23.6. The average molecular weight is 627 g/mol. The van der Waals surface area contributed by atoms with E-state index in [0.717, 1.165) is 81.3 Å². The molecule has 0 saturated heterocycles. The van der Waals surface area contributed by atoms with E-state index in [9.17, 15) is 10.2 Å². The van der Waals surface area contributed by atoms with Gasteiger partial charge in [0.2, 0.25) is 0 Å². The van der Waals surface area contributed by atoms with Crippen LogP contribution in [0.15, 0.2) is 156 Å². The lowest BCUT2D eigenvalue weighted by Crippen LogP contribution is -2.20. The van der Waals surface area contributed by atoms with Gasteiger partial charge in [-0.3, -0.25) is 9.98 Å². The molecule has 0 aromatic heterocycles. The zero-order chi connectivity index (χ0) is 32.7. The van der Waals surface area contributed by atoms with Crippen molar-refractivity contribution in [3.63, 3.8) is 0 Å². The lowest BCUT2D eigenvalue weighted by Gasteiger charge is -2.23. The molecular weight excluding hydrogens is 588 g/mol. The number of hydrogen-bond donors (Lipinski definition) is 2. The Morgan fingerprint density at radius 1 is 0.396 bits per heavy atom. The molecule has 1 aliphatic carbocycles. The predicted molar refractivity (Wildman–Crippen MR) is 199 cm³/mol. The molecule has 6 aromatic carbocycles. The van der Waals surface area contributed by atoms with Gasteiger partial charge in [0.05, 0.1) is 12.1 Å². The molecule has 4 heteroatoms. The number of nitrogens with zero attached hydrogens (tertiary/aromatic N) is 2. The Labute approximate surface area is 282 Å². The highest BCUT2D eigenvalue weighted by Gasteiger charge is 2.21. The highest BCUT2D eigenvalue weighted by Crippen LogP contribution is 2.38. The molecule has 0 radical (unpaired) electrons. The molecule has 4 nitrogen and oxygen atoms in total. The summed E-state index contributed by atoms with van der Waals surface area (Å²) >= 11 is 0. The number of benzene rings is 6. The molecule has 7 rings (SSSR count). The minimum Gasteiger partial charge on any atom is -0.507 e. The molecule has 0 atom stereocenters. The van der Waals surface area contributed by atoms with Gasteiger partial charge in [0, 0.05) is 34.7 Å². The van der Waals surface area contributed by atoms with Gasteiger partial charge in [-0.25, -0.2) is 0 Å². The van der Waals surface area contributed by atoms with Crippen LogP contribution in [0.4, 0.5) is 0 Å². The van der Waals surface area contributed by atoms with E-state index in [4.69, 9.17) is 9.98 Å². The van der Waals surface area contributed by atoms with Crippen molar-refractivity contribution in [3.8, 4) is 56.0 Å². The van der Waals surface area contributed by atoms with Crippen LogP contribution in [-0.2, 0) is 0 Å². The topological polar surface area (TPSA) is 65.2 Å². The monoisotopic (exact) mass is 626 g/mol. The number of phenols is 2. The summed E-state index contributed by atoms with van der Waals surface area (Å²) in [6, 6.07) is 49.0. The summed E-state index contributed by atoms with van der Waals surface area (Å²) in [5, 5.41) is 22.7. The van der Waals surface area contributed by atoms with E-state index in [1.807, 2.05) is 122 Å². The van der Waals surface area contributed by atoms with E-state index < -0.39 is 0 Å². The van der Waals surface area contributed by atoms with Gasteiger partial charge in [-0.15, -0.1) is 0 Å². The first-order valence-corrected chi connectivity index (χ1v) is 16.6. The third-order valence-electron chi connectivity index (χ3n) is 9.18. The van der Waals surface area contributed by atoms with E-state index >= 15 is 0 Å². The SMILES string of the molecule is Oc1c(C=NC2CCC(N=Cc3cc(-c4ccccc4)cc(-c4ccccc4)c3O)CC2)cc(-c2ccccc2)cc1-c1ccccc1. The van der Waals surface area contributed by atoms with Gasteiger partial charge in [0.1, 0.15) is 11.5 Å². The van der Waals surface area contributed by atoms with E-state index in [1.165, 1.54) is 0 Å². The van der Waals surface area contributed by atoms with Crippen molar-refractivity contribution in [2.75, 3.05) is 0 Å². The van der Waals surface area contributed by atoms with E-state index in [0.29, 0.717) is 0 Å². The number of rotatable bonds is 8. The average Bonchev–Trinajstić information content (AvgIpc) is 3.16. The molecule has 6 aromatic rings. The van der Waals surface area contributed by atoms with Gasteiger partial charge in [-0.05, 0) is 83.3 Å². The van der Waals surface area contributed by atoms with E-state index in [2.05, 4.69) is 36.4 Å². The second-order valence-electron chi connectivity index (χ2n) is 12.4. The molecule has 0 bridgehead atoms. The van der Waals surface area contributed by atoms with Crippen LogP contribution in [0, 0.1) is 0 Å². The van der Waals surface area contributed by atoms with Gasteiger partial charge in [0.25, 0.3) is 0 Å². The summed E-state index contributed by atoms with van der Waals surface area (Å²) in [5.41, 5.74) is 9.25. The highest BCUT2D eigenvalue weighted by atomic mass is 16.3. The predicted octanol–water partition coefficient (Wildman–Crippen LogP) is 10.6. The zero-order valence-corrected chi connectivity index (χ0v) is 26.8. The van der Waals surface area contributed by atoms with Crippen LogP contribution in [-0.4, -0.2) is 34.7 Å². The summed E-state index contributed by atoms with van der Waals surface area (Å²) in [4.78, 5) is 9.93.